The van der Waals surface area contributed by atoms with Gasteiger partial charge in [0.25, 0.3) is 5.91 Å². The largest absolute Gasteiger partial charge is 0.492 e. The molecular weight excluding hydrogens is 558 g/mol. The van der Waals surface area contributed by atoms with Crippen molar-refractivity contribution in [2.24, 2.45) is 0 Å². The monoisotopic (exact) mass is 574 g/mol. The molecule has 7 heteroatoms. The highest BCUT2D eigenvalue weighted by atomic mass is 127. The van der Waals surface area contributed by atoms with E-state index in [4.69, 9.17) is 9.47 Å². The fraction of sp³-hybridized carbons (Fsp3) is 0.158. The summed E-state index contributed by atoms with van der Waals surface area (Å²) in [6, 6.07) is 12.9. The van der Waals surface area contributed by atoms with Crippen molar-refractivity contribution >= 4 is 62.9 Å². The first-order chi connectivity index (χ1) is 12.5. The van der Waals surface area contributed by atoms with E-state index in [9.17, 15) is 10.1 Å². The number of ether oxygens (including phenoxy) is 2. The highest BCUT2D eigenvalue weighted by Gasteiger charge is 2.14. The van der Waals surface area contributed by atoms with E-state index in [1.807, 2.05) is 37.3 Å². The van der Waals surface area contributed by atoms with Gasteiger partial charge in [0.15, 0.2) is 11.5 Å². The van der Waals surface area contributed by atoms with Gasteiger partial charge in [0, 0.05) is 3.57 Å². The van der Waals surface area contributed by atoms with Crippen molar-refractivity contribution in [1.29, 1.82) is 5.26 Å². The van der Waals surface area contributed by atoms with Crippen LogP contribution in [0, 0.1) is 18.5 Å². The maximum absolute atomic E-state index is 12.5. The lowest BCUT2D eigenvalue weighted by Gasteiger charge is -2.12. The second kappa shape index (κ2) is 9.78. The van der Waals surface area contributed by atoms with Gasteiger partial charge in [-0.3, -0.25) is 4.79 Å². The number of para-hydroxylation sites is 1. The number of hydrogen-bond donors (Lipinski definition) is 1. The molecule has 5 nitrogen and oxygen atoms in total. The van der Waals surface area contributed by atoms with Gasteiger partial charge in [-0.15, -0.1) is 0 Å². The first kappa shape index (κ1) is 20.5. The third-order valence-electron chi connectivity index (χ3n) is 3.33. The van der Waals surface area contributed by atoms with Crippen LogP contribution in [0.25, 0.3) is 6.08 Å². The second-order valence-electron chi connectivity index (χ2n) is 5.07. The molecule has 0 bridgehead atoms. The fourth-order valence-corrected chi connectivity index (χ4v) is 3.57. The van der Waals surface area contributed by atoms with Crippen molar-refractivity contribution in [3.8, 4) is 17.6 Å². The Bertz CT molecular complexity index is 889. The molecule has 0 saturated carbocycles. The van der Waals surface area contributed by atoms with Crippen molar-refractivity contribution in [2.75, 3.05) is 19.0 Å². The molecule has 0 atom stereocenters. The molecule has 0 radical (unpaired) electrons. The Kier molecular flexibility index (Phi) is 7.71. The van der Waals surface area contributed by atoms with Gasteiger partial charge in [0.1, 0.15) is 11.6 Å². The Morgan fingerprint density at radius 2 is 2.00 bits per heavy atom. The van der Waals surface area contributed by atoms with Gasteiger partial charge in [0.05, 0.1) is 23.0 Å². The first-order valence-electron chi connectivity index (χ1n) is 7.68. The molecular formula is C19H16I2N2O3. The topological polar surface area (TPSA) is 71.3 Å². The molecule has 0 fully saturated rings. The van der Waals surface area contributed by atoms with E-state index in [1.54, 1.807) is 19.2 Å². The lowest BCUT2D eigenvalue weighted by Crippen LogP contribution is -2.14. The number of carbonyl (C=O) groups is 1. The van der Waals surface area contributed by atoms with E-state index in [0.29, 0.717) is 29.4 Å². The van der Waals surface area contributed by atoms with E-state index in [1.165, 1.54) is 6.08 Å². The van der Waals surface area contributed by atoms with Crippen molar-refractivity contribution in [3.63, 3.8) is 0 Å². The van der Waals surface area contributed by atoms with E-state index >= 15 is 0 Å². The zero-order valence-corrected chi connectivity index (χ0v) is 18.5. The average molecular weight is 574 g/mol. The number of carbonyl (C=O) groups excluding carboxylic acids is 1. The number of anilines is 1. The van der Waals surface area contributed by atoms with Crippen molar-refractivity contribution in [2.45, 2.75) is 6.92 Å². The highest BCUT2D eigenvalue weighted by Crippen LogP contribution is 2.34. The quantitative estimate of drug-likeness (QED) is 0.305. The number of halogens is 2. The Morgan fingerprint density at radius 1 is 1.27 bits per heavy atom. The SMILES string of the molecule is CCOc1cc(/C=C(\C#N)C(=O)Nc2ccccc2I)cc(I)c1OC. The van der Waals surface area contributed by atoms with E-state index < -0.39 is 5.91 Å². The third-order valence-corrected chi connectivity index (χ3v) is 5.08. The molecule has 0 heterocycles. The summed E-state index contributed by atoms with van der Waals surface area (Å²) >= 11 is 4.26. The van der Waals surface area contributed by atoms with Crippen LogP contribution in [0.4, 0.5) is 5.69 Å². The number of benzene rings is 2. The second-order valence-corrected chi connectivity index (χ2v) is 7.40. The summed E-state index contributed by atoms with van der Waals surface area (Å²) in [4.78, 5) is 12.5. The first-order valence-corrected chi connectivity index (χ1v) is 9.83. The summed E-state index contributed by atoms with van der Waals surface area (Å²) in [5, 5.41) is 12.2. The maximum Gasteiger partial charge on any atom is 0.266 e. The average Bonchev–Trinajstić information content (AvgIpc) is 2.61. The van der Waals surface area contributed by atoms with Crippen LogP contribution in [0.3, 0.4) is 0 Å². The number of amides is 1. The van der Waals surface area contributed by atoms with Crippen LogP contribution in [0.2, 0.25) is 0 Å². The van der Waals surface area contributed by atoms with E-state index in [-0.39, 0.29) is 5.57 Å². The summed E-state index contributed by atoms with van der Waals surface area (Å²) in [6.07, 6.45) is 1.54. The zero-order chi connectivity index (χ0) is 19.1. The summed E-state index contributed by atoms with van der Waals surface area (Å²) in [6.45, 7) is 2.36. The van der Waals surface area contributed by atoms with Crippen molar-refractivity contribution in [1.82, 2.24) is 0 Å². The summed E-state index contributed by atoms with van der Waals surface area (Å²) in [7, 11) is 1.57. The molecule has 134 valence electrons. The van der Waals surface area contributed by atoms with Crippen LogP contribution in [0.15, 0.2) is 42.0 Å². The minimum Gasteiger partial charge on any atom is -0.492 e. The molecule has 0 saturated heterocycles. The molecule has 0 aliphatic heterocycles. The molecule has 1 N–H and O–H groups in total. The zero-order valence-electron chi connectivity index (χ0n) is 14.2. The molecule has 1 amide bonds. The van der Waals surface area contributed by atoms with Crippen LogP contribution < -0.4 is 14.8 Å². The summed E-state index contributed by atoms with van der Waals surface area (Å²) < 4.78 is 12.7. The predicted molar refractivity (Wildman–Crippen MR) is 118 cm³/mol. The molecule has 0 unspecified atom stereocenters. The molecule has 2 aromatic carbocycles. The Morgan fingerprint density at radius 3 is 2.62 bits per heavy atom. The van der Waals surface area contributed by atoms with Crippen LogP contribution in [0.1, 0.15) is 12.5 Å². The van der Waals surface area contributed by atoms with Crippen LogP contribution in [0.5, 0.6) is 11.5 Å². The van der Waals surface area contributed by atoms with Crippen molar-refractivity contribution in [3.05, 3.63) is 54.7 Å². The van der Waals surface area contributed by atoms with E-state index in [0.717, 1.165) is 7.14 Å². The minimum atomic E-state index is -0.458. The number of nitrogens with zero attached hydrogens (tertiary/aromatic N) is 1. The standard InChI is InChI=1S/C19H16I2N2O3/c1-3-26-17-10-12(9-15(21)18(17)25-2)8-13(11-22)19(24)23-16-7-5-4-6-14(16)20/h4-10H,3H2,1-2H3,(H,23,24)/b13-8+. The normalized spacial score (nSPS) is 10.8. The number of hydrogen-bond acceptors (Lipinski definition) is 4. The molecule has 0 aliphatic rings. The molecule has 0 aliphatic carbocycles. The third kappa shape index (κ3) is 5.11. The number of rotatable bonds is 6. The minimum absolute atomic E-state index is 0.00747. The molecule has 2 rings (SSSR count). The van der Waals surface area contributed by atoms with Gasteiger partial charge in [-0.05, 0) is 88.0 Å². The Balaban J connectivity index is 2.35. The molecule has 2 aromatic rings. The fourth-order valence-electron chi connectivity index (χ4n) is 2.20. The van der Waals surface area contributed by atoms with Gasteiger partial charge in [-0.25, -0.2) is 0 Å². The van der Waals surface area contributed by atoms with Crippen LogP contribution in [-0.4, -0.2) is 19.6 Å². The Hall–Kier alpha value is -1.80. The number of methoxy groups -OCH3 is 1. The van der Waals surface area contributed by atoms with Gasteiger partial charge in [-0.1, -0.05) is 12.1 Å². The van der Waals surface area contributed by atoms with Crippen LogP contribution in [-0.2, 0) is 4.79 Å². The lowest BCUT2D eigenvalue weighted by atomic mass is 10.1. The summed E-state index contributed by atoms with van der Waals surface area (Å²) in [5.74, 6) is 0.746. The van der Waals surface area contributed by atoms with Crippen LogP contribution >= 0.6 is 45.2 Å². The lowest BCUT2D eigenvalue weighted by molar-refractivity contribution is -0.112. The number of nitriles is 1. The van der Waals surface area contributed by atoms with Gasteiger partial charge < -0.3 is 14.8 Å². The molecule has 26 heavy (non-hydrogen) atoms. The summed E-state index contributed by atoms with van der Waals surface area (Å²) in [5.41, 5.74) is 1.36. The highest BCUT2D eigenvalue weighted by molar-refractivity contribution is 14.1. The van der Waals surface area contributed by atoms with Gasteiger partial charge in [-0.2, -0.15) is 5.26 Å². The molecule has 0 spiro atoms. The number of nitrogens with one attached hydrogen (secondary N) is 1. The Labute approximate surface area is 179 Å². The van der Waals surface area contributed by atoms with Gasteiger partial charge >= 0.3 is 0 Å². The smallest absolute Gasteiger partial charge is 0.266 e. The van der Waals surface area contributed by atoms with Gasteiger partial charge in [0.2, 0.25) is 0 Å². The predicted octanol–water partition coefficient (Wildman–Crippen LogP) is 4.85. The molecule has 0 aromatic heterocycles. The maximum atomic E-state index is 12.5. The van der Waals surface area contributed by atoms with E-state index in [2.05, 4.69) is 50.5 Å². The van der Waals surface area contributed by atoms with Crippen molar-refractivity contribution < 1.29 is 14.3 Å².